The molecule has 4 aliphatic heterocycles. The van der Waals surface area contributed by atoms with Crippen LogP contribution in [-0.4, -0.2) is 222 Å². The summed E-state index contributed by atoms with van der Waals surface area (Å²) in [6.07, 6.45) is -20.7. The highest BCUT2D eigenvalue weighted by Crippen LogP contribution is 2.76. The highest BCUT2D eigenvalue weighted by atomic mass is 16.8. The van der Waals surface area contributed by atoms with Gasteiger partial charge in [0.1, 0.15) is 85.5 Å². The van der Waals surface area contributed by atoms with Crippen LogP contribution in [0, 0.1) is 50.2 Å². The van der Waals surface area contributed by atoms with Crippen LogP contribution in [0.3, 0.4) is 0 Å². The molecule has 0 amide bonds. The number of ether oxygens (including phenoxy) is 8. The number of aliphatic hydroxyl groups excluding tert-OH is 13. The summed E-state index contributed by atoms with van der Waals surface area (Å²) >= 11 is 0. The quantitative estimate of drug-likeness (QED) is 0.0618. The summed E-state index contributed by atoms with van der Waals surface area (Å²) in [6, 6.07) is 0. The number of carbonyl (C=O) groups excluding carboxylic acids is 1. The molecular weight excluding hydrogens is 977 g/mol. The van der Waals surface area contributed by atoms with Gasteiger partial charge in [-0.15, -0.1) is 0 Å². The van der Waals surface area contributed by atoms with Crippen molar-refractivity contribution in [2.24, 2.45) is 50.2 Å². The molecule has 4 saturated carbocycles. The van der Waals surface area contributed by atoms with E-state index in [9.17, 15) is 71.2 Å². The Morgan fingerprint density at radius 1 is 0.595 bits per heavy atom. The average molecular weight is 1060 g/mol. The Kier molecular flexibility index (Phi) is 16.1. The number of hydrogen-bond donors (Lipinski definition) is 13. The number of allylic oxidation sites excluding steroid dienone is 2. The molecule has 0 aromatic rings. The zero-order valence-corrected chi connectivity index (χ0v) is 43.4. The molecule has 22 heteroatoms. The number of fused-ring (bicyclic) bond motifs is 7. The van der Waals surface area contributed by atoms with Crippen molar-refractivity contribution in [1.29, 1.82) is 0 Å². The van der Waals surface area contributed by atoms with Crippen LogP contribution in [0.5, 0.6) is 0 Å². The van der Waals surface area contributed by atoms with Gasteiger partial charge in [0, 0.05) is 5.41 Å². The van der Waals surface area contributed by atoms with Crippen molar-refractivity contribution in [3.05, 3.63) is 11.6 Å². The largest absolute Gasteiger partial charge is 0.432 e. The molecule has 0 spiro atoms. The standard InChI is InChI=1S/C52H84O22/c1-47(2)13-15-52(46(66)74-43-39(65)36(62)34(60)27(18-53)69-43)16-14-50(5)23(24(52)17-47)7-8-30-48(3)11-10-31(49(4,22-55)29(48)9-12-51(30,50)6)71-44-40(33(59)26(57)21-68-44)73-45-41(37(63)35(61)28(19-54)70-45)72-42-38(64)32(58)25(56)20-67-42/h7,24-45,53-65H,8-22H2,1-6H3/t24?,25-,26-,27+,28+,29?,30?,31-,32-,33-,34+,35+,36-,37-,38+,39+,40+,41+,42-,43-,44-,45-,48-,49-,50+,51+,52-/m0/s1. The lowest BCUT2D eigenvalue weighted by Gasteiger charge is -2.71. The molecule has 0 bridgehead atoms. The van der Waals surface area contributed by atoms with Gasteiger partial charge in [-0.2, -0.15) is 0 Å². The Hall–Kier alpha value is -1.59. The van der Waals surface area contributed by atoms with Gasteiger partial charge in [0.05, 0.1) is 44.6 Å². The molecule has 3 unspecified atom stereocenters. The molecule has 8 fully saturated rings. The van der Waals surface area contributed by atoms with E-state index in [4.69, 9.17) is 37.9 Å². The van der Waals surface area contributed by atoms with Crippen LogP contribution >= 0.6 is 0 Å². The van der Waals surface area contributed by atoms with Crippen LogP contribution in [0.4, 0.5) is 0 Å². The highest BCUT2D eigenvalue weighted by Gasteiger charge is 2.71. The highest BCUT2D eigenvalue weighted by molar-refractivity contribution is 5.79. The molecule has 74 heavy (non-hydrogen) atoms. The van der Waals surface area contributed by atoms with Gasteiger partial charge in [0.15, 0.2) is 18.9 Å². The fraction of sp³-hybridized carbons (Fsp3) is 0.942. The molecule has 4 saturated heterocycles. The monoisotopic (exact) mass is 1060 g/mol. The van der Waals surface area contributed by atoms with Crippen molar-refractivity contribution in [3.8, 4) is 0 Å². The molecule has 9 aliphatic rings. The van der Waals surface area contributed by atoms with Crippen molar-refractivity contribution < 1.29 is 109 Å². The van der Waals surface area contributed by atoms with E-state index in [1.165, 1.54) is 5.57 Å². The number of aliphatic hydroxyl groups is 13. The van der Waals surface area contributed by atoms with Gasteiger partial charge >= 0.3 is 5.97 Å². The summed E-state index contributed by atoms with van der Waals surface area (Å²) in [6.45, 7) is 11.0. The van der Waals surface area contributed by atoms with E-state index in [0.717, 1.165) is 25.7 Å². The van der Waals surface area contributed by atoms with E-state index in [1.807, 2.05) is 6.92 Å². The second-order valence-corrected chi connectivity index (χ2v) is 25.2. The topological polar surface area (TPSA) is 354 Å². The first-order chi connectivity index (χ1) is 34.7. The fourth-order valence-corrected chi connectivity index (χ4v) is 15.9. The first kappa shape index (κ1) is 57.1. The molecule has 5 aliphatic carbocycles. The number of hydrogen-bond acceptors (Lipinski definition) is 22. The normalized spacial score (nSPS) is 54.4. The Morgan fingerprint density at radius 3 is 1.84 bits per heavy atom. The third kappa shape index (κ3) is 9.16. The van der Waals surface area contributed by atoms with E-state index in [-0.39, 0.29) is 52.6 Å². The lowest BCUT2D eigenvalue weighted by Crippen LogP contribution is -2.67. The SMILES string of the molecule is CC1(C)CC[C@]2(C(=O)O[C@@H]3O[C@H](CO)[C@@H](O)[C@H](O)[C@H]3O)CC[C@]3(C)C(=CCC4[C@@]5(C)CC[C@H](O[C@@H]6OC[C@H](O)[C@H](O)[C@H]6O[C@@H]6O[C@H](CO)[C@@H](O)[C@H](O)[C@H]6O[C@@H]6OC[C@H](O)[C@H](O)[C@H]6O)[C@@](C)(CO)C5CC[C@]43C)C2C1. The van der Waals surface area contributed by atoms with E-state index in [1.54, 1.807) is 0 Å². The first-order valence-electron chi connectivity index (χ1n) is 26.8. The molecule has 0 radical (unpaired) electrons. The molecule has 0 aromatic heterocycles. The maximum absolute atomic E-state index is 14.7. The van der Waals surface area contributed by atoms with E-state index in [0.29, 0.717) is 38.5 Å². The molecule has 4 heterocycles. The Labute approximate surface area is 431 Å². The van der Waals surface area contributed by atoms with Gasteiger partial charge in [0.2, 0.25) is 6.29 Å². The summed E-state index contributed by atoms with van der Waals surface area (Å²) < 4.78 is 47.9. The zero-order valence-electron chi connectivity index (χ0n) is 43.4. The van der Waals surface area contributed by atoms with Crippen LogP contribution in [-0.2, 0) is 42.7 Å². The Balaban J connectivity index is 0.958. The second-order valence-electron chi connectivity index (χ2n) is 25.2. The van der Waals surface area contributed by atoms with Crippen LogP contribution in [0.1, 0.15) is 106 Å². The minimum Gasteiger partial charge on any atom is -0.432 e. The van der Waals surface area contributed by atoms with E-state index < -0.39 is 153 Å². The lowest BCUT2D eigenvalue weighted by atomic mass is 9.33. The third-order valence-corrected chi connectivity index (χ3v) is 20.8. The second kappa shape index (κ2) is 20.8. The van der Waals surface area contributed by atoms with Crippen molar-refractivity contribution in [2.75, 3.05) is 33.0 Å². The fourth-order valence-electron chi connectivity index (χ4n) is 15.9. The van der Waals surface area contributed by atoms with Gasteiger partial charge in [-0.05, 0) is 104 Å². The minimum absolute atomic E-state index is 0.0872. The van der Waals surface area contributed by atoms with Crippen LogP contribution in [0.25, 0.3) is 0 Å². The van der Waals surface area contributed by atoms with Crippen molar-refractivity contribution in [1.82, 2.24) is 0 Å². The van der Waals surface area contributed by atoms with Gasteiger partial charge in [0.25, 0.3) is 0 Å². The van der Waals surface area contributed by atoms with Crippen molar-refractivity contribution in [2.45, 2.75) is 222 Å². The average Bonchev–Trinajstić information content (AvgIpc) is 3.36. The molecule has 0 aromatic carbocycles. The molecule has 424 valence electrons. The number of rotatable bonds is 11. The predicted octanol–water partition coefficient (Wildman–Crippen LogP) is -1.78. The molecule has 9 rings (SSSR count). The van der Waals surface area contributed by atoms with Crippen LogP contribution in [0.2, 0.25) is 0 Å². The predicted molar refractivity (Wildman–Crippen MR) is 252 cm³/mol. The first-order valence-corrected chi connectivity index (χ1v) is 26.8. The molecule has 27 atom stereocenters. The van der Waals surface area contributed by atoms with E-state index in [2.05, 4.69) is 40.7 Å². The van der Waals surface area contributed by atoms with Crippen molar-refractivity contribution >= 4 is 5.97 Å². The smallest absolute Gasteiger partial charge is 0.315 e. The van der Waals surface area contributed by atoms with Gasteiger partial charge in [-0.1, -0.05) is 53.2 Å². The molecule has 22 nitrogen and oxygen atoms in total. The molecular formula is C52H84O22. The minimum atomic E-state index is -1.84. The summed E-state index contributed by atoms with van der Waals surface area (Å²) in [7, 11) is 0. The maximum atomic E-state index is 14.7. The summed E-state index contributed by atoms with van der Waals surface area (Å²) in [5, 5.41) is 139. The maximum Gasteiger partial charge on any atom is 0.315 e. The zero-order chi connectivity index (χ0) is 53.8. The molecule has 13 N–H and O–H groups in total. The summed E-state index contributed by atoms with van der Waals surface area (Å²) in [4.78, 5) is 14.7. The van der Waals surface area contributed by atoms with E-state index >= 15 is 0 Å². The summed E-state index contributed by atoms with van der Waals surface area (Å²) in [5.41, 5.74) is -1.64. The van der Waals surface area contributed by atoms with Gasteiger partial charge < -0.3 is 104 Å². The van der Waals surface area contributed by atoms with Crippen molar-refractivity contribution in [3.63, 3.8) is 0 Å². The Morgan fingerprint density at radius 2 is 1.18 bits per heavy atom. The Bertz CT molecular complexity index is 2030. The number of esters is 1. The lowest BCUT2D eigenvalue weighted by molar-refractivity contribution is -0.389. The van der Waals surface area contributed by atoms with Gasteiger partial charge in [-0.25, -0.2) is 0 Å². The van der Waals surface area contributed by atoms with Gasteiger partial charge in [-0.3, -0.25) is 4.79 Å². The van der Waals surface area contributed by atoms with Crippen LogP contribution in [0.15, 0.2) is 11.6 Å². The third-order valence-electron chi connectivity index (χ3n) is 20.8. The van der Waals surface area contributed by atoms with Crippen LogP contribution < -0.4 is 0 Å². The summed E-state index contributed by atoms with van der Waals surface area (Å²) in [5.74, 6) is -0.676. The number of carbonyl (C=O) groups is 1.